The van der Waals surface area contributed by atoms with Crippen molar-refractivity contribution < 1.29 is 33.4 Å². The van der Waals surface area contributed by atoms with Crippen molar-refractivity contribution in [2.45, 2.75) is 71.9 Å². The SMILES string of the molecule is C[C@@H]1CCCN1C(=O)C(NC(=O)CCCC(=O)N1CCN(CCOc2ccc(Oc3c(-c4ccc(F)cc4)sc4cc(O)ccc34)cc2)CC1)C(C)(C)C. The number of phenolic OH excluding ortho intramolecular Hbond substituents is 1. The first-order valence-electron chi connectivity index (χ1n) is 18.9. The van der Waals surface area contributed by atoms with Gasteiger partial charge < -0.3 is 29.7 Å². The molecule has 3 aromatic carbocycles. The lowest BCUT2D eigenvalue weighted by Gasteiger charge is -2.35. The van der Waals surface area contributed by atoms with Gasteiger partial charge in [-0.05, 0) is 91.8 Å². The van der Waals surface area contributed by atoms with Crippen molar-refractivity contribution in [3.63, 3.8) is 0 Å². The zero-order valence-corrected chi connectivity index (χ0v) is 32.4. The number of nitrogens with zero attached hydrogens (tertiary/aromatic N) is 3. The van der Waals surface area contributed by atoms with Crippen LogP contribution in [-0.4, -0.2) is 95.5 Å². The quantitative estimate of drug-likeness (QED) is 0.146. The zero-order valence-electron chi connectivity index (χ0n) is 31.6. The first-order valence-corrected chi connectivity index (χ1v) is 19.7. The summed E-state index contributed by atoms with van der Waals surface area (Å²) in [6, 6.07) is 18.4. The molecular formula is C42H51FN4O6S. The number of hydrogen-bond acceptors (Lipinski definition) is 8. The highest BCUT2D eigenvalue weighted by atomic mass is 32.1. The van der Waals surface area contributed by atoms with Crippen LogP contribution in [0.3, 0.4) is 0 Å². The highest BCUT2D eigenvalue weighted by Gasteiger charge is 2.38. The van der Waals surface area contributed by atoms with E-state index in [1.165, 1.54) is 23.5 Å². The number of likely N-dealkylation sites (tertiary alicyclic amines) is 1. The van der Waals surface area contributed by atoms with E-state index in [2.05, 4.69) is 17.1 Å². The van der Waals surface area contributed by atoms with Crippen molar-refractivity contribution in [3.8, 4) is 33.4 Å². The lowest BCUT2D eigenvalue weighted by molar-refractivity contribution is -0.140. The number of carbonyl (C=O) groups excluding carboxylic acids is 3. The van der Waals surface area contributed by atoms with Crippen LogP contribution < -0.4 is 14.8 Å². The van der Waals surface area contributed by atoms with E-state index < -0.39 is 11.5 Å². The van der Waals surface area contributed by atoms with E-state index >= 15 is 0 Å². The summed E-state index contributed by atoms with van der Waals surface area (Å²) in [5.41, 5.74) is 0.408. The van der Waals surface area contributed by atoms with Crippen molar-refractivity contribution in [2.24, 2.45) is 5.41 Å². The van der Waals surface area contributed by atoms with E-state index in [4.69, 9.17) is 9.47 Å². The second-order valence-electron chi connectivity index (χ2n) is 15.3. The van der Waals surface area contributed by atoms with Crippen molar-refractivity contribution >= 4 is 39.1 Å². The Hall–Kier alpha value is -4.68. The molecule has 2 N–H and O–H groups in total. The molecule has 2 fully saturated rings. The summed E-state index contributed by atoms with van der Waals surface area (Å²) in [7, 11) is 0. The average molecular weight is 759 g/mol. The molecule has 2 aliphatic heterocycles. The third-order valence-electron chi connectivity index (χ3n) is 10.2. The number of piperazine rings is 1. The van der Waals surface area contributed by atoms with Crippen LogP contribution >= 0.6 is 11.3 Å². The molecule has 0 radical (unpaired) electrons. The first-order chi connectivity index (χ1) is 25.9. The molecule has 10 nitrogen and oxygen atoms in total. The van der Waals surface area contributed by atoms with Crippen LogP contribution in [0, 0.1) is 11.2 Å². The van der Waals surface area contributed by atoms with Crippen LogP contribution in [0.4, 0.5) is 4.39 Å². The Morgan fingerprint density at radius 2 is 1.65 bits per heavy atom. The molecule has 0 aliphatic carbocycles. The topological polar surface area (TPSA) is 112 Å². The molecule has 1 unspecified atom stereocenters. The Kier molecular flexibility index (Phi) is 12.4. The lowest BCUT2D eigenvalue weighted by atomic mass is 9.85. The van der Waals surface area contributed by atoms with Crippen molar-refractivity contribution in [1.82, 2.24) is 20.0 Å². The monoisotopic (exact) mass is 758 g/mol. The standard InChI is InChI=1S/C42H51FN4O6S/c1-28-7-6-20-47(28)41(51)40(42(2,3)4)44-36(49)8-5-9-37(50)46-23-21-45(22-24-46)25-26-52-32-15-17-33(18-16-32)53-38-34-19-14-31(48)27-35(34)54-39(38)29-10-12-30(43)13-11-29/h10-19,27-28,40,48H,5-9,20-26H2,1-4H3,(H,44,49)/t28-,40?/m1/s1. The molecule has 54 heavy (non-hydrogen) atoms. The van der Waals surface area contributed by atoms with Crippen LogP contribution in [0.1, 0.15) is 59.8 Å². The number of nitrogens with one attached hydrogen (secondary N) is 1. The van der Waals surface area contributed by atoms with E-state index in [-0.39, 0.29) is 41.8 Å². The molecule has 0 bridgehead atoms. The average Bonchev–Trinajstić information content (AvgIpc) is 3.73. The lowest BCUT2D eigenvalue weighted by Crippen LogP contribution is -2.55. The Balaban J connectivity index is 0.916. The van der Waals surface area contributed by atoms with Gasteiger partial charge in [-0.2, -0.15) is 0 Å². The molecule has 288 valence electrons. The molecule has 2 aliphatic rings. The van der Waals surface area contributed by atoms with Gasteiger partial charge in [0.15, 0.2) is 5.75 Å². The maximum atomic E-state index is 13.6. The number of ether oxygens (including phenoxy) is 2. The van der Waals surface area contributed by atoms with Crippen LogP contribution in [-0.2, 0) is 14.4 Å². The van der Waals surface area contributed by atoms with Gasteiger partial charge in [-0.25, -0.2) is 4.39 Å². The van der Waals surface area contributed by atoms with Gasteiger partial charge in [0, 0.05) is 68.2 Å². The van der Waals surface area contributed by atoms with Crippen molar-refractivity contribution in [2.75, 3.05) is 45.9 Å². The third-order valence-corrected chi connectivity index (χ3v) is 11.4. The van der Waals surface area contributed by atoms with Gasteiger partial charge in [-0.1, -0.05) is 32.9 Å². The minimum Gasteiger partial charge on any atom is -0.508 e. The van der Waals surface area contributed by atoms with Gasteiger partial charge in [0.2, 0.25) is 17.7 Å². The number of thiophene rings is 1. The van der Waals surface area contributed by atoms with E-state index in [1.807, 2.05) is 60.9 Å². The Bertz CT molecular complexity index is 1920. The summed E-state index contributed by atoms with van der Waals surface area (Å²) in [6.07, 6.45) is 2.92. The van der Waals surface area contributed by atoms with Crippen LogP contribution in [0.15, 0.2) is 66.7 Å². The fraction of sp³-hybridized carbons (Fsp3) is 0.452. The van der Waals surface area contributed by atoms with Gasteiger partial charge >= 0.3 is 0 Å². The molecule has 2 atom stereocenters. The number of amides is 3. The summed E-state index contributed by atoms with van der Waals surface area (Å²) in [5.74, 6) is 1.67. The number of halogens is 1. The third kappa shape index (κ3) is 9.70. The van der Waals surface area contributed by atoms with Crippen molar-refractivity contribution in [3.05, 3.63) is 72.5 Å². The fourth-order valence-electron chi connectivity index (χ4n) is 7.06. The number of hydrogen-bond donors (Lipinski definition) is 2. The molecule has 6 rings (SSSR count). The second-order valence-corrected chi connectivity index (χ2v) is 16.4. The van der Waals surface area contributed by atoms with Crippen molar-refractivity contribution in [1.29, 1.82) is 0 Å². The van der Waals surface area contributed by atoms with Gasteiger partial charge in [-0.3, -0.25) is 19.3 Å². The van der Waals surface area contributed by atoms with Gasteiger partial charge in [-0.15, -0.1) is 11.3 Å². The summed E-state index contributed by atoms with van der Waals surface area (Å²) in [4.78, 5) is 45.9. The molecule has 3 heterocycles. The summed E-state index contributed by atoms with van der Waals surface area (Å²) in [5, 5.41) is 13.9. The molecule has 1 aromatic heterocycles. The Morgan fingerprint density at radius 3 is 2.31 bits per heavy atom. The number of fused-ring (bicyclic) bond motifs is 1. The van der Waals surface area contributed by atoms with E-state index in [0.29, 0.717) is 49.8 Å². The van der Waals surface area contributed by atoms with E-state index in [9.17, 15) is 23.9 Å². The number of phenols is 1. The largest absolute Gasteiger partial charge is 0.508 e. The molecule has 12 heteroatoms. The minimum atomic E-state index is -0.592. The highest BCUT2D eigenvalue weighted by Crippen LogP contribution is 2.47. The first kappa shape index (κ1) is 39.0. The number of aromatic hydroxyl groups is 1. The minimum absolute atomic E-state index is 0.0194. The zero-order chi connectivity index (χ0) is 38.4. The van der Waals surface area contributed by atoms with Gasteiger partial charge in [0.25, 0.3) is 0 Å². The molecule has 4 aromatic rings. The molecule has 2 saturated heterocycles. The fourth-order valence-corrected chi connectivity index (χ4v) is 8.22. The number of benzene rings is 3. The molecule has 3 amide bonds. The predicted octanol–water partition coefficient (Wildman–Crippen LogP) is 7.44. The molecular weight excluding hydrogens is 708 g/mol. The maximum absolute atomic E-state index is 13.6. The van der Waals surface area contributed by atoms with E-state index in [1.54, 1.807) is 24.3 Å². The number of rotatable bonds is 13. The predicted molar refractivity (Wildman–Crippen MR) is 210 cm³/mol. The molecule has 0 saturated carbocycles. The second kappa shape index (κ2) is 17.2. The smallest absolute Gasteiger partial charge is 0.245 e. The summed E-state index contributed by atoms with van der Waals surface area (Å²) in [6.45, 7) is 12.6. The Morgan fingerprint density at radius 1 is 0.944 bits per heavy atom. The van der Waals surface area contributed by atoms with Crippen LogP contribution in [0.5, 0.6) is 23.0 Å². The van der Waals surface area contributed by atoms with Crippen LogP contribution in [0.25, 0.3) is 20.5 Å². The summed E-state index contributed by atoms with van der Waals surface area (Å²) >= 11 is 1.47. The highest BCUT2D eigenvalue weighted by molar-refractivity contribution is 7.22. The summed E-state index contributed by atoms with van der Waals surface area (Å²) < 4.78 is 26.9. The van der Waals surface area contributed by atoms with Crippen LogP contribution in [0.2, 0.25) is 0 Å². The Labute approximate surface area is 320 Å². The van der Waals surface area contributed by atoms with Gasteiger partial charge in [0.1, 0.15) is 35.7 Å². The van der Waals surface area contributed by atoms with Gasteiger partial charge in [0.05, 0.1) is 4.88 Å². The number of carbonyl (C=O) groups is 3. The maximum Gasteiger partial charge on any atom is 0.245 e. The normalized spacial score (nSPS) is 17.1. The molecule has 0 spiro atoms. The van der Waals surface area contributed by atoms with E-state index in [0.717, 1.165) is 59.5 Å².